The second-order valence-corrected chi connectivity index (χ2v) is 8.26. The van der Waals surface area contributed by atoms with Crippen molar-refractivity contribution in [3.05, 3.63) is 71.8 Å². The highest BCUT2D eigenvalue weighted by Crippen LogP contribution is 2.33. The van der Waals surface area contributed by atoms with Crippen LogP contribution in [0.25, 0.3) is 10.8 Å². The van der Waals surface area contributed by atoms with Crippen LogP contribution in [-0.2, 0) is 21.5 Å². The predicted molar refractivity (Wildman–Crippen MR) is 128 cm³/mol. The van der Waals surface area contributed by atoms with E-state index in [1.54, 1.807) is 27.2 Å². The average Bonchev–Trinajstić information content (AvgIpc) is 3.07. The number of carbonyl (C=O) groups is 3. The third-order valence-electron chi connectivity index (χ3n) is 6.09. The highest BCUT2D eigenvalue weighted by Gasteiger charge is 2.50. The fourth-order valence-electron chi connectivity index (χ4n) is 4.27. The molecule has 0 bridgehead atoms. The van der Waals surface area contributed by atoms with E-state index < -0.39 is 23.4 Å². The second-order valence-electron chi connectivity index (χ2n) is 8.26. The molecule has 0 saturated carbocycles. The zero-order valence-corrected chi connectivity index (χ0v) is 19.4. The Morgan fingerprint density at radius 3 is 2.50 bits per heavy atom. The van der Waals surface area contributed by atoms with Gasteiger partial charge < -0.3 is 20.1 Å². The molecule has 3 aromatic rings. The van der Waals surface area contributed by atoms with Crippen LogP contribution in [0, 0.1) is 0 Å². The molecule has 3 aromatic carbocycles. The van der Waals surface area contributed by atoms with E-state index in [1.807, 2.05) is 54.6 Å². The van der Waals surface area contributed by atoms with Gasteiger partial charge in [0.1, 0.15) is 12.1 Å². The first kappa shape index (κ1) is 23.1. The molecule has 1 heterocycles. The number of ether oxygens (including phenoxy) is 2. The molecule has 34 heavy (non-hydrogen) atoms. The Labute approximate surface area is 197 Å². The van der Waals surface area contributed by atoms with Crippen LogP contribution >= 0.6 is 0 Å². The van der Waals surface area contributed by atoms with Gasteiger partial charge >= 0.3 is 6.03 Å². The summed E-state index contributed by atoms with van der Waals surface area (Å²) < 4.78 is 10.5. The Morgan fingerprint density at radius 2 is 1.74 bits per heavy atom. The molecule has 2 N–H and O–H groups in total. The summed E-state index contributed by atoms with van der Waals surface area (Å²) in [4.78, 5) is 39.4. The number of amides is 4. The van der Waals surface area contributed by atoms with Gasteiger partial charge in [-0.15, -0.1) is 0 Å². The molecule has 1 fully saturated rings. The zero-order chi connectivity index (χ0) is 24.3. The van der Waals surface area contributed by atoms with Gasteiger partial charge in [-0.1, -0.05) is 48.5 Å². The molecular weight excluding hydrogens is 434 g/mol. The van der Waals surface area contributed by atoms with Crippen LogP contribution in [0.3, 0.4) is 0 Å². The van der Waals surface area contributed by atoms with Crippen molar-refractivity contribution >= 4 is 28.6 Å². The van der Waals surface area contributed by atoms with Crippen LogP contribution in [0.15, 0.2) is 60.7 Å². The molecular formula is C26H27N3O5. The molecule has 0 aromatic heterocycles. The molecule has 0 spiro atoms. The predicted octanol–water partition coefficient (Wildman–Crippen LogP) is 2.98. The zero-order valence-electron chi connectivity index (χ0n) is 19.4. The molecule has 8 nitrogen and oxygen atoms in total. The number of benzene rings is 3. The third kappa shape index (κ3) is 4.26. The summed E-state index contributed by atoms with van der Waals surface area (Å²) in [5.41, 5.74) is 0.398. The van der Waals surface area contributed by atoms with E-state index >= 15 is 0 Å². The van der Waals surface area contributed by atoms with Gasteiger partial charge in [-0.05, 0) is 47.4 Å². The van der Waals surface area contributed by atoms with Crippen LogP contribution in [0.5, 0.6) is 11.5 Å². The molecule has 1 aliphatic heterocycles. The summed E-state index contributed by atoms with van der Waals surface area (Å²) in [5, 5.41) is 7.40. The number of nitrogens with one attached hydrogen (secondary N) is 2. The van der Waals surface area contributed by atoms with Crippen molar-refractivity contribution in [1.29, 1.82) is 0 Å². The smallest absolute Gasteiger partial charge is 0.325 e. The molecule has 1 atom stereocenters. The van der Waals surface area contributed by atoms with Crippen LogP contribution in [0.4, 0.5) is 4.79 Å². The summed E-state index contributed by atoms with van der Waals surface area (Å²) in [6, 6.07) is 18.3. The summed E-state index contributed by atoms with van der Waals surface area (Å²) in [6.07, 6.45) is 0.556. The van der Waals surface area contributed by atoms with Crippen LogP contribution in [-0.4, -0.2) is 50.1 Å². The van der Waals surface area contributed by atoms with Crippen LogP contribution in [0.1, 0.15) is 18.1 Å². The molecule has 4 rings (SSSR count). The van der Waals surface area contributed by atoms with E-state index in [9.17, 15) is 14.4 Å². The molecule has 1 aliphatic rings. The number of carbonyl (C=O) groups excluding carboxylic acids is 3. The topological polar surface area (TPSA) is 97.0 Å². The maximum absolute atomic E-state index is 13.3. The molecule has 0 aliphatic carbocycles. The number of fused-ring (bicyclic) bond motifs is 1. The van der Waals surface area contributed by atoms with Crippen molar-refractivity contribution in [2.24, 2.45) is 0 Å². The van der Waals surface area contributed by atoms with Crippen molar-refractivity contribution in [3.8, 4) is 11.5 Å². The number of hydrogen-bond acceptors (Lipinski definition) is 5. The molecule has 0 radical (unpaired) electrons. The first-order valence-corrected chi connectivity index (χ1v) is 11.0. The first-order chi connectivity index (χ1) is 16.4. The third-order valence-corrected chi connectivity index (χ3v) is 6.09. The van der Waals surface area contributed by atoms with Crippen molar-refractivity contribution < 1.29 is 23.9 Å². The van der Waals surface area contributed by atoms with E-state index in [1.165, 1.54) is 0 Å². The molecule has 1 saturated heterocycles. The quantitative estimate of drug-likeness (QED) is 0.503. The fourth-order valence-corrected chi connectivity index (χ4v) is 4.27. The normalized spacial score (nSPS) is 17.6. The molecule has 176 valence electrons. The van der Waals surface area contributed by atoms with Crippen molar-refractivity contribution in [2.75, 3.05) is 27.3 Å². The Bertz CT molecular complexity index is 1250. The minimum Gasteiger partial charge on any atom is -0.493 e. The van der Waals surface area contributed by atoms with Gasteiger partial charge in [0.05, 0.1) is 14.2 Å². The standard InChI is InChI=1S/C26H27N3O5/c1-26(20-10-6-8-18-7-4-5-9-19(18)20)24(31)29(25(32)28-26)16-23(30)27-14-13-17-11-12-21(33-2)22(15-17)34-3/h4-12,15H,13-14,16H2,1-3H3,(H,27,30)(H,28,32)/t26-/m0/s1. The fraction of sp³-hybridized carbons (Fsp3) is 0.269. The van der Waals surface area contributed by atoms with E-state index in [0.717, 1.165) is 21.2 Å². The second kappa shape index (κ2) is 9.43. The van der Waals surface area contributed by atoms with E-state index in [2.05, 4.69) is 10.6 Å². The Hall–Kier alpha value is -4.07. The summed E-state index contributed by atoms with van der Waals surface area (Å²) >= 11 is 0. The van der Waals surface area contributed by atoms with Crippen molar-refractivity contribution in [1.82, 2.24) is 15.5 Å². The number of nitrogens with zero attached hydrogens (tertiary/aromatic N) is 1. The maximum Gasteiger partial charge on any atom is 0.325 e. The maximum atomic E-state index is 13.3. The number of urea groups is 1. The van der Waals surface area contributed by atoms with Gasteiger partial charge in [-0.2, -0.15) is 0 Å². The summed E-state index contributed by atoms with van der Waals surface area (Å²) in [6.45, 7) is 1.67. The lowest BCUT2D eigenvalue weighted by Gasteiger charge is -2.24. The number of rotatable bonds is 8. The summed E-state index contributed by atoms with van der Waals surface area (Å²) in [5.74, 6) is 0.372. The molecule has 0 unspecified atom stereocenters. The van der Waals surface area contributed by atoms with Crippen LogP contribution < -0.4 is 20.1 Å². The van der Waals surface area contributed by atoms with Gasteiger partial charge in [0.25, 0.3) is 5.91 Å². The lowest BCUT2D eigenvalue weighted by molar-refractivity contribution is -0.134. The minimum atomic E-state index is -1.25. The first-order valence-electron chi connectivity index (χ1n) is 11.0. The van der Waals surface area contributed by atoms with Gasteiger partial charge in [0.15, 0.2) is 11.5 Å². The number of imide groups is 1. The highest BCUT2D eigenvalue weighted by atomic mass is 16.5. The van der Waals surface area contributed by atoms with Crippen molar-refractivity contribution in [2.45, 2.75) is 18.9 Å². The monoisotopic (exact) mass is 461 g/mol. The van der Waals surface area contributed by atoms with E-state index in [-0.39, 0.29) is 6.54 Å². The van der Waals surface area contributed by atoms with Gasteiger partial charge in [-0.3, -0.25) is 14.5 Å². The summed E-state index contributed by atoms with van der Waals surface area (Å²) in [7, 11) is 3.13. The SMILES string of the molecule is COc1ccc(CCNC(=O)CN2C(=O)N[C@@](C)(c3cccc4ccccc34)C2=O)cc1OC. The average molecular weight is 462 g/mol. The number of hydrogen-bond donors (Lipinski definition) is 2. The van der Waals surface area contributed by atoms with Crippen molar-refractivity contribution in [3.63, 3.8) is 0 Å². The van der Waals surface area contributed by atoms with Crippen LogP contribution in [0.2, 0.25) is 0 Å². The lowest BCUT2D eigenvalue weighted by Crippen LogP contribution is -2.43. The van der Waals surface area contributed by atoms with Gasteiger partial charge in [0.2, 0.25) is 5.91 Å². The number of methoxy groups -OCH3 is 2. The van der Waals surface area contributed by atoms with Gasteiger partial charge in [0, 0.05) is 6.54 Å². The highest BCUT2D eigenvalue weighted by molar-refractivity contribution is 6.10. The largest absolute Gasteiger partial charge is 0.493 e. The Balaban J connectivity index is 1.41. The molecule has 8 heteroatoms. The molecule has 4 amide bonds. The van der Waals surface area contributed by atoms with E-state index in [0.29, 0.717) is 30.0 Å². The Morgan fingerprint density at radius 1 is 1.00 bits per heavy atom. The lowest BCUT2D eigenvalue weighted by atomic mass is 9.88. The van der Waals surface area contributed by atoms with Gasteiger partial charge in [-0.25, -0.2) is 4.79 Å². The Kier molecular flexibility index (Phi) is 6.40. The minimum absolute atomic E-state index is 0.346. The van der Waals surface area contributed by atoms with E-state index in [4.69, 9.17) is 9.47 Å².